The number of fused-ring (bicyclic) bond motifs is 1. The minimum atomic E-state index is -0.475. The van der Waals surface area contributed by atoms with E-state index in [-0.39, 0.29) is 11.8 Å². The molecule has 0 aliphatic heterocycles. The fraction of sp³-hybridized carbons (Fsp3) is 0.200. The summed E-state index contributed by atoms with van der Waals surface area (Å²) in [6, 6.07) is 8.68. The van der Waals surface area contributed by atoms with Crippen LogP contribution in [0.2, 0.25) is 0 Å². The second kappa shape index (κ2) is 10.3. The van der Waals surface area contributed by atoms with Crippen LogP contribution in [0.25, 0.3) is 17.0 Å². The lowest BCUT2D eigenvalue weighted by molar-refractivity contribution is 0.415. The highest BCUT2D eigenvalue weighted by molar-refractivity contribution is 5.82. The maximum atomic E-state index is 15.1. The normalized spacial score (nSPS) is 11.4. The highest BCUT2D eigenvalue weighted by Gasteiger charge is 2.14. The predicted molar refractivity (Wildman–Crippen MR) is 137 cm³/mol. The number of imidazole rings is 1. The van der Waals surface area contributed by atoms with E-state index in [4.69, 9.17) is 4.74 Å². The Morgan fingerprint density at radius 3 is 2.86 bits per heavy atom. The number of ether oxygens (including phenoxy) is 1. The van der Waals surface area contributed by atoms with Crippen LogP contribution in [0.3, 0.4) is 0 Å². The minimum absolute atomic E-state index is 0.00632. The van der Waals surface area contributed by atoms with E-state index in [2.05, 4.69) is 40.8 Å². The Balaban J connectivity index is 1.37. The molecule has 0 aliphatic carbocycles. The monoisotopic (exact) mass is 487 g/mol. The van der Waals surface area contributed by atoms with Gasteiger partial charge in [0.1, 0.15) is 11.6 Å². The SMILES string of the molecule is C/C=C/c1cc(Nc2cc(NCCCn3ccnc3)nc(Oc3ccc4[nH]c(C)cc4c3F)n2)n[nH]1. The first-order valence-corrected chi connectivity index (χ1v) is 11.6. The van der Waals surface area contributed by atoms with E-state index in [0.717, 1.165) is 24.4 Å². The number of rotatable bonds is 10. The molecule has 11 heteroatoms. The van der Waals surface area contributed by atoms with E-state index in [0.29, 0.717) is 34.9 Å². The van der Waals surface area contributed by atoms with Gasteiger partial charge in [0.2, 0.25) is 0 Å². The summed E-state index contributed by atoms with van der Waals surface area (Å²) in [5.41, 5.74) is 2.41. The van der Waals surface area contributed by atoms with Gasteiger partial charge in [-0.05, 0) is 44.5 Å². The Kier molecular flexibility index (Phi) is 6.61. The number of aromatic nitrogens is 7. The van der Waals surface area contributed by atoms with E-state index in [1.54, 1.807) is 36.8 Å². The largest absolute Gasteiger partial charge is 0.421 e. The van der Waals surface area contributed by atoms with Crippen LogP contribution in [0.4, 0.5) is 21.8 Å². The Labute approximate surface area is 206 Å². The van der Waals surface area contributed by atoms with E-state index >= 15 is 4.39 Å². The lowest BCUT2D eigenvalue weighted by Crippen LogP contribution is -2.09. The first-order valence-electron chi connectivity index (χ1n) is 11.6. The molecule has 0 aliphatic rings. The zero-order chi connectivity index (χ0) is 24.9. The van der Waals surface area contributed by atoms with Gasteiger partial charge >= 0.3 is 6.01 Å². The van der Waals surface area contributed by atoms with Crippen molar-refractivity contribution in [1.82, 2.24) is 34.7 Å². The fourth-order valence-electron chi connectivity index (χ4n) is 3.78. The summed E-state index contributed by atoms with van der Waals surface area (Å²) in [6.45, 7) is 5.28. The average molecular weight is 488 g/mol. The van der Waals surface area contributed by atoms with Crippen molar-refractivity contribution >= 4 is 34.4 Å². The first kappa shape index (κ1) is 23.1. The van der Waals surface area contributed by atoms with Crippen molar-refractivity contribution in [3.05, 3.63) is 72.3 Å². The van der Waals surface area contributed by atoms with Crippen LogP contribution in [0.5, 0.6) is 11.8 Å². The van der Waals surface area contributed by atoms with Crippen LogP contribution >= 0.6 is 0 Å². The summed E-state index contributed by atoms with van der Waals surface area (Å²) in [5, 5.41) is 14.1. The molecule has 0 saturated heterocycles. The average Bonchev–Trinajstić information content (AvgIpc) is 3.61. The van der Waals surface area contributed by atoms with Crippen molar-refractivity contribution in [3.63, 3.8) is 0 Å². The van der Waals surface area contributed by atoms with Gasteiger partial charge in [-0.2, -0.15) is 15.1 Å². The van der Waals surface area contributed by atoms with Crippen LogP contribution in [-0.2, 0) is 6.54 Å². The van der Waals surface area contributed by atoms with Crippen molar-refractivity contribution in [1.29, 1.82) is 0 Å². The van der Waals surface area contributed by atoms with Gasteiger partial charge in [0.05, 0.1) is 12.0 Å². The Bertz CT molecular complexity index is 1490. The standard InChI is InChI=1S/C25H26FN9O/c1-3-5-17-13-23(34-33-17)30-22-14-21(28-8-4-10-35-11-9-27-15-35)31-25(32-22)36-20-7-6-19-18(24(20)26)12-16(2)29-19/h3,5-7,9,11-15,29H,4,8,10H2,1-2H3,(H3,28,30,31,32,33,34)/b5-3+. The molecule has 4 aromatic heterocycles. The number of aromatic amines is 2. The molecule has 0 atom stereocenters. The van der Waals surface area contributed by atoms with E-state index in [9.17, 15) is 0 Å². The summed E-state index contributed by atoms with van der Waals surface area (Å²) in [5.74, 6) is 1.14. The molecule has 0 amide bonds. The van der Waals surface area contributed by atoms with Gasteiger partial charge in [-0.3, -0.25) is 5.10 Å². The predicted octanol–water partition coefficient (Wildman–Crippen LogP) is 5.40. The number of allylic oxidation sites excluding steroid dienone is 1. The highest BCUT2D eigenvalue weighted by atomic mass is 19.1. The van der Waals surface area contributed by atoms with Gasteiger partial charge in [-0.1, -0.05) is 6.08 Å². The van der Waals surface area contributed by atoms with E-state index in [1.165, 1.54) is 0 Å². The molecular formula is C25H26FN9O. The maximum Gasteiger partial charge on any atom is 0.326 e. The number of benzene rings is 1. The molecule has 36 heavy (non-hydrogen) atoms. The molecule has 0 fully saturated rings. The second-order valence-electron chi connectivity index (χ2n) is 8.23. The maximum absolute atomic E-state index is 15.1. The second-order valence-corrected chi connectivity index (χ2v) is 8.23. The zero-order valence-electron chi connectivity index (χ0n) is 19.9. The number of hydrogen-bond donors (Lipinski definition) is 4. The number of aryl methyl sites for hydroxylation is 2. The van der Waals surface area contributed by atoms with Crippen LogP contribution in [0, 0.1) is 12.7 Å². The smallest absolute Gasteiger partial charge is 0.326 e. The highest BCUT2D eigenvalue weighted by Crippen LogP contribution is 2.30. The van der Waals surface area contributed by atoms with Crippen molar-refractivity contribution < 1.29 is 9.13 Å². The number of H-pyrrole nitrogens is 2. The van der Waals surface area contributed by atoms with Crippen LogP contribution in [0.1, 0.15) is 24.7 Å². The third kappa shape index (κ3) is 5.35. The molecule has 184 valence electrons. The summed E-state index contributed by atoms with van der Waals surface area (Å²) in [6.07, 6.45) is 10.1. The molecule has 0 unspecified atom stereocenters. The van der Waals surface area contributed by atoms with Crippen molar-refractivity contribution in [2.75, 3.05) is 17.2 Å². The van der Waals surface area contributed by atoms with Crippen LogP contribution in [0.15, 0.2) is 55.1 Å². The van der Waals surface area contributed by atoms with Gasteiger partial charge in [0, 0.05) is 54.2 Å². The zero-order valence-corrected chi connectivity index (χ0v) is 19.9. The molecule has 5 aromatic rings. The molecule has 0 saturated carbocycles. The molecule has 4 heterocycles. The molecule has 0 spiro atoms. The quantitative estimate of drug-likeness (QED) is 0.195. The fourth-order valence-corrected chi connectivity index (χ4v) is 3.78. The van der Waals surface area contributed by atoms with Gasteiger partial charge in [0.25, 0.3) is 0 Å². The van der Waals surface area contributed by atoms with Crippen LogP contribution < -0.4 is 15.4 Å². The topological polar surface area (TPSA) is 121 Å². The van der Waals surface area contributed by atoms with Crippen LogP contribution in [-0.4, -0.2) is 41.2 Å². The van der Waals surface area contributed by atoms with Crippen molar-refractivity contribution in [2.24, 2.45) is 0 Å². The Morgan fingerprint density at radius 2 is 2.03 bits per heavy atom. The summed E-state index contributed by atoms with van der Waals surface area (Å²) in [7, 11) is 0. The summed E-state index contributed by atoms with van der Waals surface area (Å²) in [4.78, 5) is 16.1. The van der Waals surface area contributed by atoms with E-state index < -0.39 is 5.82 Å². The molecule has 0 radical (unpaired) electrons. The lowest BCUT2D eigenvalue weighted by atomic mass is 10.2. The van der Waals surface area contributed by atoms with Gasteiger partial charge < -0.3 is 24.9 Å². The lowest BCUT2D eigenvalue weighted by Gasteiger charge is -2.12. The number of anilines is 3. The molecule has 5 rings (SSSR count). The molecular weight excluding hydrogens is 461 g/mol. The number of nitrogens with one attached hydrogen (secondary N) is 4. The summed E-state index contributed by atoms with van der Waals surface area (Å²) < 4.78 is 22.9. The number of halogens is 1. The molecule has 1 aromatic carbocycles. The third-order valence-corrected chi connectivity index (χ3v) is 5.40. The molecule has 0 bridgehead atoms. The van der Waals surface area contributed by atoms with Gasteiger partial charge in [0.15, 0.2) is 17.4 Å². The number of hydrogen-bond acceptors (Lipinski definition) is 7. The van der Waals surface area contributed by atoms with E-state index in [1.807, 2.05) is 42.8 Å². The minimum Gasteiger partial charge on any atom is -0.421 e. The number of nitrogens with zero attached hydrogens (tertiary/aromatic N) is 5. The van der Waals surface area contributed by atoms with Crippen molar-refractivity contribution in [3.8, 4) is 11.8 Å². The molecule has 10 nitrogen and oxygen atoms in total. The Morgan fingerprint density at radius 1 is 1.14 bits per heavy atom. The van der Waals surface area contributed by atoms with Crippen molar-refractivity contribution in [2.45, 2.75) is 26.8 Å². The summed E-state index contributed by atoms with van der Waals surface area (Å²) >= 11 is 0. The first-order chi connectivity index (χ1) is 17.6. The van der Waals surface area contributed by atoms with Gasteiger partial charge in [-0.15, -0.1) is 0 Å². The third-order valence-electron chi connectivity index (χ3n) is 5.40. The Hall–Kier alpha value is -4.67. The van der Waals surface area contributed by atoms with Gasteiger partial charge in [-0.25, -0.2) is 9.37 Å². The molecule has 4 N–H and O–H groups in total.